The molecule has 2 heteroatoms. The molecule has 1 fully saturated rings. The van der Waals surface area contributed by atoms with E-state index in [1.807, 2.05) is 18.2 Å². The Morgan fingerprint density at radius 2 is 1.80 bits per heavy atom. The normalized spacial score (nSPS) is 17.1. The molecule has 0 N–H and O–H groups in total. The van der Waals surface area contributed by atoms with Crippen LogP contribution in [0.1, 0.15) is 30.1 Å². The maximum Gasteiger partial charge on any atom is 0.173 e. The zero-order valence-electron chi connectivity index (χ0n) is 8.77. The molecular formula is C13H14O2. The van der Waals surface area contributed by atoms with Gasteiger partial charge in [-0.2, -0.15) is 0 Å². The molecule has 0 aromatic heterocycles. The molecule has 2 rings (SSSR count). The van der Waals surface area contributed by atoms with Gasteiger partial charge in [0.2, 0.25) is 0 Å². The summed E-state index contributed by atoms with van der Waals surface area (Å²) >= 11 is 0. The molecule has 1 unspecified atom stereocenters. The van der Waals surface area contributed by atoms with Gasteiger partial charge in [0.25, 0.3) is 0 Å². The van der Waals surface area contributed by atoms with Crippen LogP contribution in [0.2, 0.25) is 0 Å². The minimum atomic E-state index is -0.472. The molecule has 1 aromatic rings. The highest BCUT2D eigenvalue weighted by Gasteiger charge is 2.35. The number of benzene rings is 1. The first kappa shape index (κ1) is 10.1. The number of carbonyl (C=O) groups is 2. The van der Waals surface area contributed by atoms with Gasteiger partial charge in [-0.15, -0.1) is 0 Å². The van der Waals surface area contributed by atoms with Crippen LogP contribution in [0.5, 0.6) is 0 Å². The van der Waals surface area contributed by atoms with Gasteiger partial charge in [0.1, 0.15) is 5.78 Å². The van der Waals surface area contributed by atoms with E-state index in [4.69, 9.17) is 0 Å². The standard InChI is InChI=1S/C13H14O2/c1-9(13(15)11-7-8-11)12(14)10-5-3-2-4-6-10/h2-6,9,11H,7-8H2,1H3. The monoisotopic (exact) mass is 202 g/mol. The summed E-state index contributed by atoms with van der Waals surface area (Å²) in [6.07, 6.45) is 1.93. The molecule has 1 aromatic carbocycles. The molecule has 15 heavy (non-hydrogen) atoms. The van der Waals surface area contributed by atoms with E-state index in [0.717, 1.165) is 12.8 Å². The summed E-state index contributed by atoms with van der Waals surface area (Å²) in [5.41, 5.74) is 0.638. The van der Waals surface area contributed by atoms with E-state index in [2.05, 4.69) is 0 Å². The van der Waals surface area contributed by atoms with Crippen LogP contribution < -0.4 is 0 Å². The summed E-state index contributed by atoms with van der Waals surface area (Å²) in [7, 11) is 0. The molecule has 0 spiro atoms. The SMILES string of the molecule is CC(C(=O)c1ccccc1)C(=O)C1CC1. The van der Waals surface area contributed by atoms with Gasteiger partial charge >= 0.3 is 0 Å². The summed E-state index contributed by atoms with van der Waals surface area (Å²) in [5.74, 6) is -0.246. The van der Waals surface area contributed by atoms with Gasteiger partial charge in [0.15, 0.2) is 5.78 Å². The highest BCUT2D eigenvalue weighted by Crippen LogP contribution is 2.33. The van der Waals surface area contributed by atoms with Crippen molar-refractivity contribution in [2.45, 2.75) is 19.8 Å². The Balaban J connectivity index is 2.10. The molecule has 0 bridgehead atoms. The van der Waals surface area contributed by atoms with E-state index in [1.165, 1.54) is 0 Å². The van der Waals surface area contributed by atoms with Gasteiger partial charge in [-0.25, -0.2) is 0 Å². The second-order valence-corrected chi connectivity index (χ2v) is 4.13. The highest BCUT2D eigenvalue weighted by atomic mass is 16.2. The van der Waals surface area contributed by atoms with Crippen molar-refractivity contribution >= 4 is 11.6 Å². The van der Waals surface area contributed by atoms with Crippen LogP contribution in [-0.4, -0.2) is 11.6 Å². The minimum Gasteiger partial charge on any atom is -0.299 e. The lowest BCUT2D eigenvalue weighted by Gasteiger charge is -2.08. The molecule has 78 valence electrons. The Bertz CT molecular complexity index is 377. The van der Waals surface area contributed by atoms with Crippen molar-refractivity contribution in [2.75, 3.05) is 0 Å². The van der Waals surface area contributed by atoms with Crippen LogP contribution in [0, 0.1) is 11.8 Å². The summed E-state index contributed by atoms with van der Waals surface area (Å²) in [6.45, 7) is 1.72. The van der Waals surface area contributed by atoms with Crippen LogP contribution in [0.4, 0.5) is 0 Å². The zero-order chi connectivity index (χ0) is 10.8. The van der Waals surface area contributed by atoms with Gasteiger partial charge in [-0.3, -0.25) is 9.59 Å². The van der Waals surface area contributed by atoms with Crippen molar-refractivity contribution in [3.63, 3.8) is 0 Å². The fraction of sp³-hybridized carbons (Fsp3) is 0.385. The predicted octanol–water partition coefficient (Wildman–Crippen LogP) is 2.48. The largest absolute Gasteiger partial charge is 0.299 e. The topological polar surface area (TPSA) is 34.1 Å². The number of hydrogen-bond acceptors (Lipinski definition) is 2. The second-order valence-electron chi connectivity index (χ2n) is 4.13. The average molecular weight is 202 g/mol. The predicted molar refractivity (Wildman–Crippen MR) is 57.7 cm³/mol. The van der Waals surface area contributed by atoms with E-state index in [1.54, 1.807) is 19.1 Å². The van der Waals surface area contributed by atoms with Gasteiger partial charge in [0.05, 0.1) is 5.92 Å². The van der Waals surface area contributed by atoms with E-state index in [-0.39, 0.29) is 17.5 Å². The molecule has 1 aliphatic rings. The Labute approximate surface area is 89.3 Å². The average Bonchev–Trinajstić information content (AvgIpc) is 3.11. The molecule has 0 aliphatic heterocycles. The molecule has 0 heterocycles. The fourth-order valence-electron chi connectivity index (χ4n) is 1.70. The summed E-state index contributed by atoms with van der Waals surface area (Å²) in [4.78, 5) is 23.6. The van der Waals surface area contributed by atoms with Crippen molar-refractivity contribution in [2.24, 2.45) is 11.8 Å². The van der Waals surface area contributed by atoms with Crippen molar-refractivity contribution in [3.8, 4) is 0 Å². The van der Waals surface area contributed by atoms with Gasteiger partial charge < -0.3 is 0 Å². The third-order valence-corrected chi connectivity index (χ3v) is 2.86. The molecule has 1 atom stereocenters. The molecule has 0 saturated heterocycles. The summed E-state index contributed by atoms with van der Waals surface area (Å²) in [5, 5.41) is 0. The van der Waals surface area contributed by atoms with Crippen LogP contribution >= 0.6 is 0 Å². The maximum absolute atomic E-state index is 11.9. The van der Waals surface area contributed by atoms with Gasteiger partial charge in [-0.05, 0) is 19.8 Å². The molecule has 1 saturated carbocycles. The third kappa shape index (κ3) is 2.14. The molecule has 2 nitrogen and oxygen atoms in total. The maximum atomic E-state index is 11.9. The zero-order valence-corrected chi connectivity index (χ0v) is 8.77. The first-order valence-corrected chi connectivity index (χ1v) is 5.33. The smallest absolute Gasteiger partial charge is 0.173 e. The Hall–Kier alpha value is -1.44. The van der Waals surface area contributed by atoms with Crippen molar-refractivity contribution < 1.29 is 9.59 Å². The first-order valence-electron chi connectivity index (χ1n) is 5.33. The number of ketones is 2. The van der Waals surface area contributed by atoms with E-state index >= 15 is 0 Å². The van der Waals surface area contributed by atoms with Crippen molar-refractivity contribution in [3.05, 3.63) is 35.9 Å². The number of hydrogen-bond donors (Lipinski definition) is 0. The van der Waals surface area contributed by atoms with Crippen LogP contribution in [0.25, 0.3) is 0 Å². The minimum absolute atomic E-state index is 0.0486. The van der Waals surface area contributed by atoms with Gasteiger partial charge in [0, 0.05) is 11.5 Å². The Morgan fingerprint density at radius 1 is 1.20 bits per heavy atom. The van der Waals surface area contributed by atoms with E-state index in [0.29, 0.717) is 5.56 Å². The number of rotatable bonds is 4. The Morgan fingerprint density at radius 3 is 2.33 bits per heavy atom. The quantitative estimate of drug-likeness (QED) is 0.555. The van der Waals surface area contributed by atoms with Crippen LogP contribution in [0.15, 0.2) is 30.3 Å². The lowest BCUT2D eigenvalue weighted by molar-refractivity contribution is -0.122. The molecular weight excluding hydrogens is 188 g/mol. The van der Waals surface area contributed by atoms with Crippen LogP contribution in [-0.2, 0) is 4.79 Å². The molecule has 1 aliphatic carbocycles. The highest BCUT2D eigenvalue weighted by molar-refractivity contribution is 6.11. The molecule has 0 amide bonds. The third-order valence-electron chi connectivity index (χ3n) is 2.86. The summed E-state index contributed by atoms with van der Waals surface area (Å²) < 4.78 is 0. The van der Waals surface area contributed by atoms with Crippen molar-refractivity contribution in [1.29, 1.82) is 0 Å². The number of Topliss-reactive ketones (excluding diaryl/α,β-unsaturated/α-hetero) is 2. The fourth-order valence-corrected chi connectivity index (χ4v) is 1.70. The van der Waals surface area contributed by atoms with E-state index < -0.39 is 5.92 Å². The second kappa shape index (κ2) is 3.97. The van der Waals surface area contributed by atoms with Gasteiger partial charge in [-0.1, -0.05) is 30.3 Å². The first-order chi connectivity index (χ1) is 7.20. The molecule has 0 radical (unpaired) electrons. The summed E-state index contributed by atoms with van der Waals surface area (Å²) in [6, 6.07) is 9.03. The lowest BCUT2D eigenvalue weighted by Crippen LogP contribution is -2.22. The Kier molecular flexibility index (Phi) is 2.67. The lowest BCUT2D eigenvalue weighted by atomic mass is 9.93. The van der Waals surface area contributed by atoms with Crippen LogP contribution in [0.3, 0.4) is 0 Å². The van der Waals surface area contributed by atoms with E-state index in [9.17, 15) is 9.59 Å². The number of carbonyl (C=O) groups excluding carboxylic acids is 2. The van der Waals surface area contributed by atoms with Crippen molar-refractivity contribution in [1.82, 2.24) is 0 Å².